The number of hydrazone groups is 1. The number of nitrogens with zero attached hydrogens (tertiary/aromatic N) is 2. The van der Waals surface area contributed by atoms with Gasteiger partial charge in [-0.25, -0.2) is 0 Å². The maximum Gasteiger partial charge on any atom is 0.187 e. The van der Waals surface area contributed by atoms with Crippen LogP contribution in [0, 0.1) is 0 Å². The Kier molecular flexibility index (Phi) is 7.25. The summed E-state index contributed by atoms with van der Waals surface area (Å²) < 4.78 is 10.5. The normalized spacial score (nSPS) is 16.0. The molecule has 23 heavy (non-hydrogen) atoms. The number of methoxy groups -OCH3 is 1. The van der Waals surface area contributed by atoms with Crippen molar-refractivity contribution >= 4 is 23.0 Å². The number of thiocarbonyl (C=S) groups is 1. The summed E-state index contributed by atoms with van der Waals surface area (Å²) in [4.78, 5) is 2.35. The molecule has 0 spiro atoms. The zero-order chi connectivity index (χ0) is 16.5. The molecule has 1 heterocycles. The van der Waals surface area contributed by atoms with Gasteiger partial charge in [-0.1, -0.05) is 12.1 Å². The van der Waals surface area contributed by atoms with Gasteiger partial charge in [0.15, 0.2) is 5.11 Å². The number of hydrogen-bond donors (Lipinski definition) is 2. The molecule has 0 amide bonds. The predicted octanol–water partition coefficient (Wildman–Crippen LogP) is 1.22. The van der Waals surface area contributed by atoms with E-state index in [0.717, 1.165) is 56.4 Å². The molecule has 1 aromatic carbocycles. The van der Waals surface area contributed by atoms with Crippen LogP contribution in [0.15, 0.2) is 29.4 Å². The second kappa shape index (κ2) is 9.44. The molecule has 126 valence electrons. The first kappa shape index (κ1) is 17.7. The SMILES string of the molecule is COc1cccc(/C(C)=N/NC(=S)NCCN2CCOCC2)c1. The average Bonchev–Trinajstić information content (AvgIpc) is 2.60. The Morgan fingerprint density at radius 3 is 2.91 bits per heavy atom. The summed E-state index contributed by atoms with van der Waals surface area (Å²) in [5.41, 5.74) is 4.72. The highest BCUT2D eigenvalue weighted by molar-refractivity contribution is 7.80. The van der Waals surface area contributed by atoms with E-state index in [0.29, 0.717) is 5.11 Å². The first-order chi connectivity index (χ1) is 11.2. The molecule has 1 aliphatic heterocycles. The zero-order valence-corrected chi connectivity index (χ0v) is 14.5. The maximum atomic E-state index is 5.32. The Labute approximate surface area is 142 Å². The summed E-state index contributed by atoms with van der Waals surface area (Å²) >= 11 is 5.24. The molecule has 0 aliphatic carbocycles. The first-order valence-corrected chi connectivity index (χ1v) is 8.12. The molecule has 0 unspecified atom stereocenters. The third kappa shape index (κ3) is 6.13. The molecule has 7 heteroatoms. The molecule has 2 rings (SSSR count). The van der Waals surface area contributed by atoms with Gasteiger partial charge in [-0.2, -0.15) is 5.10 Å². The van der Waals surface area contributed by atoms with Crippen LogP contribution in [-0.2, 0) is 4.74 Å². The molecule has 1 aromatic rings. The Morgan fingerprint density at radius 1 is 1.39 bits per heavy atom. The van der Waals surface area contributed by atoms with Gasteiger partial charge < -0.3 is 14.8 Å². The van der Waals surface area contributed by atoms with Crippen LogP contribution in [0.2, 0.25) is 0 Å². The molecule has 1 aliphatic rings. The summed E-state index contributed by atoms with van der Waals surface area (Å²) in [5, 5.41) is 8.00. The van der Waals surface area contributed by atoms with Gasteiger partial charge in [0.1, 0.15) is 5.75 Å². The van der Waals surface area contributed by atoms with Crippen molar-refractivity contribution < 1.29 is 9.47 Å². The van der Waals surface area contributed by atoms with E-state index < -0.39 is 0 Å². The molecular formula is C16H24N4O2S. The minimum Gasteiger partial charge on any atom is -0.497 e. The van der Waals surface area contributed by atoms with Crippen molar-refractivity contribution in [3.05, 3.63) is 29.8 Å². The topological polar surface area (TPSA) is 58.1 Å². The standard InChI is InChI=1S/C16H24N4O2S/c1-13(14-4-3-5-15(12-14)21-2)18-19-16(23)17-6-7-20-8-10-22-11-9-20/h3-5,12H,6-11H2,1-2H3,(H2,17,19,23)/b18-13+. The number of morpholine rings is 1. The lowest BCUT2D eigenvalue weighted by Gasteiger charge is -2.26. The van der Waals surface area contributed by atoms with Crippen molar-refractivity contribution in [3.8, 4) is 5.75 Å². The smallest absolute Gasteiger partial charge is 0.187 e. The van der Waals surface area contributed by atoms with E-state index in [4.69, 9.17) is 21.7 Å². The van der Waals surface area contributed by atoms with E-state index in [9.17, 15) is 0 Å². The number of benzene rings is 1. The molecule has 0 atom stereocenters. The van der Waals surface area contributed by atoms with Crippen LogP contribution >= 0.6 is 12.2 Å². The van der Waals surface area contributed by atoms with E-state index in [1.807, 2.05) is 31.2 Å². The van der Waals surface area contributed by atoms with E-state index in [2.05, 4.69) is 20.7 Å². The lowest BCUT2D eigenvalue weighted by molar-refractivity contribution is 0.0389. The summed E-state index contributed by atoms with van der Waals surface area (Å²) in [6, 6.07) is 7.77. The Bertz CT molecular complexity index is 545. The highest BCUT2D eigenvalue weighted by Crippen LogP contribution is 2.12. The molecule has 0 aromatic heterocycles. The van der Waals surface area contributed by atoms with Crippen LogP contribution in [0.1, 0.15) is 12.5 Å². The summed E-state index contributed by atoms with van der Waals surface area (Å²) in [7, 11) is 1.65. The fraction of sp³-hybridized carbons (Fsp3) is 0.500. The number of nitrogens with one attached hydrogen (secondary N) is 2. The fourth-order valence-electron chi connectivity index (χ4n) is 2.24. The van der Waals surface area contributed by atoms with Gasteiger partial charge in [0.05, 0.1) is 26.0 Å². The Balaban J connectivity index is 1.73. The third-order valence-electron chi connectivity index (χ3n) is 3.63. The summed E-state index contributed by atoms with van der Waals surface area (Å²) in [5.74, 6) is 0.809. The fourth-order valence-corrected chi connectivity index (χ4v) is 2.39. The highest BCUT2D eigenvalue weighted by Gasteiger charge is 2.09. The first-order valence-electron chi connectivity index (χ1n) is 7.71. The van der Waals surface area contributed by atoms with Crippen molar-refractivity contribution in [2.24, 2.45) is 5.10 Å². The van der Waals surface area contributed by atoms with Crippen LogP contribution in [0.4, 0.5) is 0 Å². The van der Waals surface area contributed by atoms with Crippen LogP contribution in [0.5, 0.6) is 5.75 Å². The van der Waals surface area contributed by atoms with Crippen molar-refractivity contribution in [1.29, 1.82) is 0 Å². The van der Waals surface area contributed by atoms with Gasteiger partial charge >= 0.3 is 0 Å². The van der Waals surface area contributed by atoms with Crippen LogP contribution < -0.4 is 15.5 Å². The van der Waals surface area contributed by atoms with Gasteiger partial charge in [0.2, 0.25) is 0 Å². The van der Waals surface area contributed by atoms with Gasteiger partial charge in [-0.05, 0) is 31.3 Å². The monoisotopic (exact) mass is 336 g/mol. The van der Waals surface area contributed by atoms with E-state index in [-0.39, 0.29) is 0 Å². The number of ether oxygens (including phenoxy) is 2. The lowest BCUT2D eigenvalue weighted by atomic mass is 10.1. The van der Waals surface area contributed by atoms with E-state index in [1.54, 1.807) is 7.11 Å². The molecule has 6 nitrogen and oxygen atoms in total. The summed E-state index contributed by atoms with van der Waals surface area (Å²) in [6.45, 7) is 7.25. The molecule has 0 radical (unpaired) electrons. The lowest BCUT2D eigenvalue weighted by Crippen LogP contribution is -2.42. The summed E-state index contributed by atoms with van der Waals surface area (Å²) in [6.07, 6.45) is 0. The van der Waals surface area contributed by atoms with Crippen LogP contribution in [0.25, 0.3) is 0 Å². The minimum atomic E-state index is 0.528. The van der Waals surface area contributed by atoms with Gasteiger partial charge in [-0.15, -0.1) is 0 Å². The molecule has 0 bridgehead atoms. The van der Waals surface area contributed by atoms with Crippen molar-refractivity contribution in [1.82, 2.24) is 15.6 Å². The van der Waals surface area contributed by atoms with Crippen molar-refractivity contribution in [2.75, 3.05) is 46.5 Å². The van der Waals surface area contributed by atoms with E-state index in [1.165, 1.54) is 0 Å². The van der Waals surface area contributed by atoms with Crippen LogP contribution in [-0.4, -0.2) is 62.2 Å². The quantitative estimate of drug-likeness (QED) is 0.463. The average molecular weight is 336 g/mol. The molecular weight excluding hydrogens is 312 g/mol. The van der Waals surface area contributed by atoms with Gasteiger partial charge in [0.25, 0.3) is 0 Å². The molecule has 0 saturated carbocycles. The highest BCUT2D eigenvalue weighted by atomic mass is 32.1. The number of rotatable bonds is 6. The molecule has 2 N–H and O–H groups in total. The third-order valence-corrected chi connectivity index (χ3v) is 3.87. The van der Waals surface area contributed by atoms with Crippen molar-refractivity contribution in [3.63, 3.8) is 0 Å². The molecule has 1 saturated heterocycles. The van der Waals surface area contributed by atoms with Gasteiger partial charge in [-0.3, -0.25) is 10.3 Å². The minimum absolute atomic E-state index is 0.528. The zero-order valence-electron chi connectivity index (χ0n) is 13.7. The van der Waals surface area contributed by atoms with Crippen LogP contribution in [0.3, 0.4) is 0 Å². The largest absolute Gasteiger partial charge is 0.497 e. The Morgan fingerprint density at radius 2 is 2.17 bits per heavy atom. The second-order valence-corrected chi connectivity index (χ2v) is 5.66. The van der Waals surface area contributed by atoms with Gasteiger partial charge in [0, 0.05) is 31.7 Å². The van der Waals surface area contributed by atoms with E-state index >= 15 is 0 Å². The van der Waals surface area contributed by atoms with Crippen molar-refractivity contribution in [2.45, 2.75) is 6.92 Å². The molecule has 1 fully saturated rings. The second-order valence-electron chi connectivity index (χ2n) is 5.25. The Hall–Kier alpha value is -1.70. The number of hydrogen-bond acceptors (Lipinski definition) is 5. The predicted molar refractivity (Wildman–Crippen MR) is 96.2 cm³/mol. The maximum absolute atomic E-state index is 5.32.